The van der Waals surface area contributed by atoms with Crippen LogP contribution >= 0.6 is 0 Å². The summed E-state index contributed by atoms with van der Waals surface area (Å²) in [6, 6.07) is 34.8. The summed E-state index contributed by atoms with van der Waals surface area (Å²) in [5, 5.41) is 5.33. The third-order valence-electron chi connectivity index (χ3n) is 9.17. The molecular formula is C49H50Cl4N2Si2Zr2+2. The van der Waals surface area contributed by atoms with E-state index in [2.05, 4.69) is 203 Å². The van der Waals surface area contributed by atoms with Gasteiger partial charge < -0.3 is 49.6 Å². The van der Waals surface area contributed by atoms with E-state index in [1.165, 1.54) is 71.7 Å². The Morgan fingerprint density at radius 2 is 1.15 bits per heavy atom. The van der Waals surface area contributed by atoms with Gasteiger partial charge in [0, 0.05) is 52.2 Å². The Kier molecular flexibility index (Phi) is 25.3. The van der Waals surface area contributed by atoms with Crippen LogP contribution in [0.1, 0.15) is 31.9 Å². The summed E-state index contributed by atoms with van der Waals surface area (Å²) in [4.78, 5) is 8.31. The Morgan fingerprint density at radius 3 is 1.68 bits per heavy atom. The molecule has 2 heterocycles. The second kappa shape index (κ2) is 26.3. The minimum absolute atomic E-state index is 0. The molecule has 2 aliphatic heterocycles. The maximum atomic E-state index is 4.24. The average molecular weight is 1050 g/mol. The molecule has 5 aromatic rings. The third kappa shape index (κ3) is 16.2. The summed E-state index contributed by atoms with van der Waals surface area (Å²) in [7, 11) is -0.522. The number of hydrogen-bond acceptors (Lipinski definition) is 2. The quantitative estimate of drug-likeness (QED) is 0.184. The molecule has 0 radical (unpaired) electrons. The molecule has 5 aromatic carbocycles. The SMILES string of the molecule is CC(C)(C)c1ccc(-c2cc3ccccc3[cH-]2)cc1.C[Si](C)=CC1=CC2=CC=NC2=C1.C[Si](C)=CC1=CC2=CN=CC2=C1.Cc1cc2ccccc2[cH-]1.[Cl-].[Cl-].[Cl-].[Cl-].[Zr+4].[Zr+4]. The number of fused-ring (bicyclic) bond motifs is 4. The molecule has 0 saturated heterocycles. The third-order valence-corrected chi connectivity index (χ3v) is 11.0. The largest absolute Gasteiger partial charge is 4.00 e. The average Bonchev–Trinajstić information content (AvgIpc) is 3.95. The normalized spacial score (nSPS) is 13.1. The van der Waals surface area contributed by atoms with Gasteiger partial charge in [0.15, 0.2) is 0 Å². The van der Waals surface area contributed by atoms with Crippen LogP contribution < -0.4 is 49.6 Å². The van der Waals surface area contributed by atoms with Crippen molar-refractivity contribution in [3.63, 3.8) is 0 Å². The van der Waals surface area contributed by atoms with Crippen molar-refractivity contribution in [1.82, 2.24) is 0 Å². The van der Waals surface area contributed by atoms with Gasteiger partial charge in [-0.3, -0.25) is 9.98 Å². The molecule has 0 saturated carbocycles. The van der Waals surface area contributed by atoms with Gasteiger partial charge in [0.25, 0.3) is 0 Å². The number of hydrogen-bond donors (Lipinski definition) is 0. The van der Waals surface area contributed by atoms with Gasteiger partial charge in [-0.2, -0.15) is 6.07 Å². The summed E-state index contributed by atoms with van der Waals surface area (Å²) in [5.74, 6) is 0. The monoisotopic (exact) mass is 1040 g/mol. The van der Waals surface area contributed by atoms with E-state index in [1.807, 2.05) is 18.6 Å². The maximum Gasteiger partial charge on any atom is 4.00 e. The molecule has 0 amide bonds. The minimum atomic E-state index is -0.265. The van der Waals surface area contributed by atoms with Crippen molar-refractivity contribution in [1.29, 1.82) is 0 Å². The maximum absolute atomic E-state index is 4.24. The van der Waals surface area contributed by atoms with Crippen LogP contribution in [0.15, 0.2) is 177 Å². The summed E-state index contributed by atoms with van der Waals surface area (Å²) < 4.78 is 0. The zero-order chi connectivity index (χ0) is 37.5. The Balaban J connectivity index is 0.000000756. The van der Waals surface area contributed by atoms with Crippen molar-refractivity contribution in [2.24, 2.45) is 9.98 Å². The standard InChI is InChI=1S/C19H19.2C10H11NSi.C10H9.4ClH.2Zr/c1-19(2,3)18-10-8-14(9-11-18)17-12-15-6-4-5-7-16(15)13-17;1-12(2)7-8-3-9-5-11-6-10(9)4-8;1-12(2)7-8-5-9-3-4-11-10(9)6-8;1-8-6-9-4-2-3-5-10(9)7-8;;;;;;/h4-13H,1-3H3;2*3-7H,1-2H3;2-7H,1H3;4*1H;;/q-1;;;-1;;;;;2*+4/p-4. The molecule has 0 aromatic heterocycles. The Labute approximate surface area is 418 Å². The molecule has 59 heavy (non-hydrogen) atoms. The van der Waals surface area contributed by atoms with Crippen LogP contribution in [-0.2, 0) is 57.8 Å². The fourth-order valence-electron chi connectivity index (χ4n) is 6.59. The number of halogens is 4. The van der Waals surface area contributed by atoms with Crippen molar-refractivity contribution in [2.75, 3.05) is 0 Å². The first kappa shape index (κ1) is 56.8. The van der Waals surface area contributed by atoms with Gasteiger partial charge >= 0.3 is 52.4 Å². The fraction of sp³-hybridized carbons (Fsp3) is 0.184. The van der Waals surface area contributed by atoms with Gasteiger partial charge in [0.2, 0.25) is 0 Å². The van der Waals surface area contributed by atoms with Gasteiger partial charge in [-0.05, 0) is 52.5 Å². The van der Waals surface area contributed by atoms with Crippen LogP contribution in [0.25, 0.3) is 32.7 Å². The minimum Gasteiger partial charge on any atom is -1.00 e. The van der Waals surface area contributed by atoms with Gasteiger partial charge in [-0.15, -0.1) is 75.1 Å². The van der Waals surface area contributed by atoms with E-state index in [0.29, 0.717) is 0 Å². The van der Waals surface area contributed by atoms with Crippen molar-refractivity contribution in [3.05, 3.63) is 178 Å². The van der Waals surface area contributed by atoms with Crippen molar-refractivity contribution in [3.8, 4) is 11.1 Å². The number of nitrogens with zero attached hydrogens (tertiary/aromatic N) is 2. The summed E-state index contributed by atoms with van der Waals surface area (Å²) in [6.45, 7) is 18.0. The van der Waals surface area contributed by atoms with E-state index in [-0.39, 0.29) is 124 Å². The molecule has 0 bridgehead atoms. The van der Waals surface area contributed by atoms with E-state index < -0.39 is 0 Å². The Morgan fingerprint density at radius 1 is 0.610 bits per heavy atom. The van der Waals surface area contributed by atoms with Crippen LogP contribution in [0, 0.1) is 6.92 Å². The number of rotatable bonds is 3. The van der Waals surface area contributed by atoms with Gasteiger partial charge in [-0.1, -0.05) is 119 Å². The van der Waals surface area contributed by atoms with Crippen molar-refractivity contribution >= 4 is 62.1 Å². The molecule has 0 fully saturated rings. The Bertz CT molecular complexity index is 2340. The van der Waals surface area contributed by atoms with Crippen molar-refractivity contribution < 1.29 is 102 Å². The van der Waals surface area contributed by atoms with Crippen molar-refractivity contribution in [2.45, 2.75) is 59.3 Å². The van der Waals surface area contributed by atoms with E-state index in [0.717, 1.165) is 5.70 Å². The topological polar surface area (TPSA) is 24.7 Å². The second-order valence-corrected chi connectivity index (χ2v) is 20.4. The van der Waals surface area contributed by atoms with Crippen LogP contribution in [0.5, 0.6) is 0 Å². The second-order valence-electron chi connectivity index (χ2n) is 15.5. The summed E-state index contributed by atoms with van der Waals surface area (Å²) in [6.07, 6.45) is 16.5. The molecule has 0 atom stereocenters. The first-order valence-electron chi connectivity index (χ1n) is 18.4. The van der Waals surface area contributed by atoms with E-state index >= 15 is 0 Å². The first-order chi connectivity index (χ1) is 25.4. The van der Waals surface area contributed by atoms with Crippen LogP contribution in [0.2, 0.25) is 26.2 Å². The molecule has 4 aliphatic rings. The van der Waals surface area contributed by atoms with Gasteiger partial charge in [0.1, 0.15) is 0 Å². The predicted octanol–water partition coefficient (Wildman–Crippen LogP) is 0.320. The van der Waals surface area contributed by atoms with Gasteiger partial charge in [-0.25, -0.2) is 0 Å². The smallest absolute Gasteiger partial charge is 1.00 e. The molecule has 0 spiro atoms. The van der Waals surface area contributed by atoms with E-state index in [1.54, 1.807) is 0 Å². The zero-order valence-corrected chi connectivity index (χ0v) is 44.9. The van der Waals surface area contributed by atoms with Crippen LogP contribution in [-0.4, -0.2) is 40.6 Å². The molecule has 0 N–H and O–H groups in total. The summed E-state index contributed by atoms with van der Waals surface area (Å²) >= 11 is 0. The molecule has 298 valence electrons. The molecule has 9 rings (SSSR count). The fourth-order valence-corrected chi connectivity index (χ4v) is 8.25. The van der Waals surface area contributed by atoms with Gasteiger partial charge in [0.05, 0.1) is 5.70 Å². The number of benzene rings is 3. The molecule has 2 nitrogen and oxygen atoms in total. The van der Waals surface area contributed by atoms with E-state index in [4.69, 9.17) is 0 Å². The number of allylic oxidation sites excluding steroid dienone is 9. The molecule has 10 heteroatoms. The number of aryl methyl sites for hydroxylation is 1. The van der Waals surface area contributed by atoms with E-state index in [9.17, 15) is 0 Å². The molecular weight excluding hydrogens is 997 g/mol. The number of aliphatic imine (C=N–C) groups is 2. The molecule has 0 unspecified atom stereocenters. The van der Waals surface area contributed by atoms with Crippen LogP contribution in [0.3, 0.4) is 0 Å². The zero-order valence-electron chi connectivity index (χ0n) is 34.9. The molecule has 2 aliphatic carbocycles. The Hall–Kier alpha value is -2.24. The first-order valence-corrected chi connectivity index (χ1v) is 23.6. The summed E-state index contributed by atoms with van der Waals surface area (Å²) in [5.41, 5.74) is 17.9. The van der Waals surface area contributed by atoms with Crippen LogP contribution in [0.4, 0.5) is 0 Å². The predicted molar refractivity (Wildman–Crippen MR) is 241 cm³/mol.